The average Bonchev–Trinajstić information content (AvgIpc) is 2.86. The Morgan fingerprint density at radius 2 is 1.90 bits per heavy atom. The van der Waals surface area contributed by atoms with Gasteiger partial charge in [-0.05, 0) is 12.1 Å². The summed E-state index contributed by atoms with van der Waals surface area (Å²) >= 11 is 0. The Kier molecular flexibility index (Phi) is 2.91. The Bertz CT molecular complexity index is 772. The summed E-state index contributed by atoms with van der Waals surface area (Å²) in [5.41, 5.74) is 1.41. The number of carbonyl (C=O) groups is 1. The highest BCUT2D eigenvalue weighted by molar-refractivity contribution is 6.08. The zero-order valence-corrected chi connectivity index (χ0v) is 10.8. The number of aromatic carboxylic acids is 1. The van der Waals surface area contributed by atoms with Crippen LogP contribution in [0.2, 0.25) is 0 Å². The van der Waals surface area contributed by atoms with Gasteiger partial charge in [-0.3, -0.25) is 0 Å². The van der Waals surface area contributed by atoms with E-state index in [4.69, 9.17) is 9.15 Å². The van der Waals surface area contributed by atoms with E-state index in [1.54, 1.807) is 25.3 Å². The number of hydrogen-bond acceptors (Lipinski definition) is 3. The SMILES string of the molecule is COc1ccc2c(C(=O)O)c(-c3ccccc3)oc2c1. The van der Waals surface area contributed by atoms with Gasteiger partial charge >= 0.3 is 5.97 Å². The van der Waals surface area contributed by atoms with Gasteiger partial charge in [0.2, 0.25) is 0 Å². The van der Waals surface area contributed by atoms with Crippen LogP contribution in [0.25, 0.3) is 22.3 Å². The largest absolute Gasteiger partial charge is 0.497 e. The molecule has 0 aliphatic heterocycles. The van der Waals surface area contributed by atoms with Gasteiger partial charge in [-0.1, -0.05) is 30.3 Å². The highest BCUT2D eigenvalue weighted by Gasteiger charge is 2.21. The van der Waals surface area contributed by atoms with E-state index in [1.165, 1.54) is 0 Å². The molecule has 20 heavy (non-hydrogen) atoms. The Hall–Kier alpha value is -2.75. The Morgan fingerprint density at radius 1 is 1.15 bits per heavy atom. The van der Waals surface area contributed by atoms with E-state index in [9.17, 15) is 9.90 Å². The summed E-state index contributed by atoms with van der Waals surface area (Å²) in [6.07, 6.45) is 0. The number of hydrogen-bond donors (Lipinski definition) is 1. The van der Waals surface area contributed by atoms with E-state index >= 15 is 0 Å². The first-order chi connectivity index (χ1) is 9.70. The molecule has 100 valence electrons. The van der Waals surface area contributed by atoms with Gasteiger partial charge in [0.05, 0.1) is 7.11 Å². The van der Waals surface area contributed by atoms with Crippen LogP contribution in [0.15, 0.2) is 52.9 Å². The molecule has 0 fully saturated rings. The van der Waals surface area contributed by atoms with Crippen LogP contribution in [-0.4, -0.2) is 18.2 Å². The van der Waals surface area contributed by atoms with Crippen molar-refractivity contribution in [3.8, 4) is 17.1 Å². The van der Waals surface area contributed by atoms with E-state index < -0.39 is 5.97 Å². The first-order valence-corrected chi connectivity index (χ1v) is 6.10. The number of carboxylic acids is 1. The maximum absolute atomic E-state index is 11.5. The van der Waals surface area contributed by atoms with E-state index in [1.807, 2.05) is 30.3 Å². The van der Waals surface area contributed by atoms with Crippen LogP contribution in [0.4, 0.5) is 0 Å². The molecule has 3 aromatic rings. The lowest BCUT2D eigenvalue weighted by molar-refractivity contribution is 0.0699. The van der Waals surface area contributed by atoms with Gasteiger partial charge in [-0.2, -0.15) is 0 Å². The highest BCUT2D eigenvalue weighted by Crippen LogP contribution is 2.35. The Labute approximate surface area is 115 Å². The fraction of sp³-hybridized carbons (Fsp3) is 0.0625. The van der Waals surface area contributed by atoms with Crippen molar-refractivity contribution in [3.05, 3.63) is 54.1 Å². The van der Waals surface area contributed by atoms with Gasteiger partial charge in [-0.15, -0.1) is 0 Å². The lowest BCUT2D eigenvalue weighted by Crippen LogP contribution is -1.97. The van der Waals surface area contributed by atoms with Crippen LogP contribution in [0.3, 0.4) is 0 Å². The molecule has 2 aromatic carbocycles. The number of benzene rings is 2. The predicted octanol–water partition coefficient (Wildman–Crippen LogP) is 3.81. The zero-order valence-electron chi connectivity index (χ0n) is 10.8. The molecular weight excluding hydrogens is 256 g/mol. The molecule has 0 saturated heterocycles. The predicted molar refractivity (Wildman–Crippen MR) is 75.2 cm³/mol. The third-order valence-electron chi connectivity index (χ3n) is 3.15. The first-order valence-electron chi connectivity index (χ1n) is 6.10. The summed E-state index contributed by atoms with van der Waals surface area (Å²) in [4.78, 5) is 11.5. The van der Waals surface area contributed by atoms with Crippen molar-refractivity contribution >= 4 is 16.9 Å². The van der Waals surface area contributed by atoms with E-state index in [0.29, 0.717) is 22.5 Å². The van der Waals surface area contributed by atoms with E-state index in [0.717, 1.165) is 5.56 Å². The van der Waals surface area contributed by atoms with Crippen LogP contribution in [0.1, 0.15) is 10.4 Å². The lowest BCUT2D eigenvalue weighted by Gasteiger charge is -1.98. The molecule has 0 aliphatic carbocycles. The van der Waals surface area contributed by atoms with Crippen molar-refractivity contribution in [3.63, 3.8) is 0 Å². The minimum Gasteiger partial charge on any atom is -0.497 e. The number of ether oxygens (including phenoxy) is 1. The molecule has 0 atom stereocenters. The van der Waals surface area contributed by atoms with E-state index in [-0.39, 0.29) is 5.56 Å². The minimum atomic E-state index is -1.01. The molecule has 0 unspecified atom stereocenters. The summed E-state index contributed by atoms with van der Waals surface area (Å²) in [6, 6.07) is 14.3. The second-order valence-corrected chi connectivity index (χ2v) is 4.34. The maximum Gasteiger partial charge on any atom is 0.340 e. The minimum absolute atomic E-state index is 0.175. The van der Waals surface area contributed by atoms with Crippen molar-refractivity contribution in [2.24, 2.45) is 0 Å². The van der Waals surface area contributed by atoms with Gasteiger partial charge in [0.15, 0.2) is 0 Å². The monoisotopic (exact) mass is 268 g/mol. The van der Waals surface area contributed by atoms with Crippen LogP contribution in [0.5, 0.6) is 5.75 Å². The topological polar surface area (TPSA) is 59.7 Å². The molecule has 0 aliphatic rings. The van der Waals surface area contributed by atoms with Crippen LogP contribution >= 0.6 is 0 Å². The molecule has 0 amide bonds. The number of furan rings is 1. The lowest BCUT2D eigenvalue weighted by atomic mass is 10.1. The molecule has 1 N–H and O–H groups in total. The molecule has 1 heterocycles. The molecule has 4 heteroatoms. The maximum atomic E-state index is 11.5. The van der Waals surface area contributed by atoms with Crippen LogP contribution in [-0.2, 0) is 0 Å². The van der Waals surface area contributed by atoms with Crippen LogP contribution in [0, 0.1) is 0 Å². The van der Waals surface area contributed by atoms with Crippen molar-refractivity contribution in [1.82, 2.24) is 0 Å². The second-order valence-electron chi connectivity index (χ2n) is 4.34. The van der Waals surface area contributed by atoms with E-state index in [2.05, 4.69) is 0 Å². The van der Waals surface area contributed by atoms with Gasteiger partial charge in [0, 0.05) is 17.0 Å². The molecule has 3 rings (SSSR count). The van der Waals surface area contributed by atoms with Crippen molar-refractivity contribution in [2.75, 3.05) is 7.11 Å². The molecule has 0 bridgehead atoms. The molecule has 0 radical (unpaired) electrons. The molecule has 0 spiro atoms. The summed E-state index contributed by atoms with van der Waals surface area (Å²) in [5.74, 6) is -0.0167. The normalized spacial score (nSPS) is 10.7. The van der Waals surface area contributed by atoms with Crippen LogP contribution < -0.4 is 4.74 Å². The summed E-state index contributed by atoms with van der Waals surface area (Å²) in [6.45, 7) is 0. The first kappa shape index (κ1) is 12.3. The van der Waals surface area contributed by atoms with Crippen molar-refractivity contribution in [1.29, 1.82) is 0 Å². The second kappa shape index (κ2) is 4.74. The van der Waals surface area contributed by atoms with Crippen molar-refractivity contribution < 1.29 is 19.1 Å². The van der Waals surface area contributed by atoms with Gasteiger partial charge < -0.3 is 14.3 Å². The highest BCUT2D eigenvalue weighted by atomic mass is 16.5. The molecular formula is C16H12O4. The van der Waals surface area contributed by atoms with Gasteiger partial charge in [0.1, 0.15) is 22.7 Å². The Morgan fingerprint density at radius 3 is 2.55 bits per heavy atom. The third-order valence-corrected chi connectivity index (χ3v) is 3.15. The van der Waals surface area contributed by atoms with Gasteiger partial charge in [0.25, 0.3) is 0 Å². The summed E-state index contributed by atoms with van der Waals surface area (Å²) in [7, 11) is 1.56. The third kappa shape index (κ3) is 1.91. The molecule has 1 aromatic heterocycles. The Balaban J connectivity index is 2.31. The number of carboxylic acid groups (broad SMARTS) is 1. The number of fused-ring (bicyclic) bond motifs is 1. The summed E-state index contributed by atoms with van der Waals surface area (Å²) in [5, 5.41) is 10.0. The zero-order chi connectivity index (χ0) is 14.1. The molecule has 4 nitrogen and oxygen atoms in total. The smallest absolute Gasteiger partial charge is 0.340 e. The number of rotatable bonds is 3. The summed E-state index contributed by atoms with van der Waals surface area (Å²) < 4.78 is 10.9. The average molecular weight is 268 g/mol. The standard InChI is InChI=1S/C16H12O4/c1-19-11-7-8-12-13(9-11)20-15(14(12)16(17)18)10-5-3-2-4-6-10/h2-9H,1H3,(H,17,18). The van der Waals surface area contributed by atoms with Gasteiger partial charge in [-0.25, -0.2) is 4.79 Å². The number of methoxy groups -OCH3 is 1. The fourth-order valence-corrected chi connectivity index (χ4v) is 2.21. The molecule has 0 saturated carbocycles. The fourth-order valence-electron chi connectivity index (χ4n) is 2.21. The quantitative estimate of drug-likeness (QED) is 0.784. The van der Waals surface area contributed by atoms with Crippen molar-refractivity contribution in [2.45, 2.75) is 0 Å².